The van der Waals surface area contributed by atoms with Gasteiger partial charge in [0, 0.05) is 12.6 Å². The van der Waals surface area contributed by atoms with Crippen molar-refractivity contribution >= 4 is 0 Å². The number of nitrogens with one attached hydrogen (secondary N) is 1. The molecule has 0 aliphatic rings. The van der Waals surface area contributed by atoms with Gasteiger partial charge in [0.05, 0.1) is 6.61 Å². The van der Waals surface area contributed by atoms with E-state index in [-0.39, 0.29) is 0 Å². The molecule has 1 unspecified atom stereocenters. The zero-order chi connectivity index (χ0) is 13.9. The third-order valence-corrected chi connectivity index (χ3v) is 2.96. The van der Waals surface area contributed by atoms with Crippen LogP contribution in [0.1, 0.15) is 45.2 Å². The molecule has 1 atom stereocenters. The molecule has 0 saturated heterocycles. The van der Waals surface area contributed by atoms with Gasteiger partial charge in [0.2, 0.25) is 0 Å². The lowest BCUT2D eigenvalue weighted by molar-refractivity contribution is 0.101. The van der Waals surface area contributed by atoms with E-state index >= 15 is 0 Å². The van der Waals surface area contributed by atoms with E-state index in [9.17, 15) is 0 Å². The molecule has 0 spiro atoms. The second-order valence-corrected chi connectivity index (χ2v) is 4.55. The Morgan fingerprint density at radius 2 is 1.95 bits per heavy atom. The molecule has 0 amide bonds. The van der Waals surface area contributed by atoms with Crippen molar-refractivity contribution in [2.24, 2.45) is 0 Å². The van der Waals surface area contributed by atoms with Crippen molar-refractivity contribution in [3.05, 3.63) is 29.8 Å². The average molecular weight is 265 g/mol. The van der Waals surface area contributed by atoms with E-state index in [4.69, 9.17) is 9.47 Å². The maximum atomic E-state index is 5.71. The van der Waals surface area contributed by atoms with Crippen molar-refractivity contribution in [2.45, 2.75) is 39.7 Å². The number of benzene rings is 1. The third kappa shape index (κ3) is 6.08. The summed E-state index contributed by atoms with van der Waals surface area (Å²) in [5.41, 5.74) is 1.29. The number of hydrogen-bond acceptors (Lipinski definition) is 3. The molecule has 1 aromatic carbocycles. The normalized spacial score (nSPS) is 12.4. The maximum absolute atomic E-state index is 5.71. The van der Waals surface area contributed by atoms with E-state index < -0.39 is 0 Å². The summed E-state index contributed by atoms with van der Waals surface area (Å²) in [6.45, 7) is 9.49. The van der Waals surface area contributed by atoms with Gasteiger partial charge in [-0.3, -0.25) is 0 Å². The van der Waals surface area contributed by atoms with Crippen LogP contribution in [0.3, 0.4) is 0 Å². The fraction of sp³-hybridized carbons (Fsp3) is 0.625. The minimum Gasteiger partial charge on any atom is -0.491 e. The predicted octanol–water partition coefficient (Wildman–Crippen LogP) is 3.55. The minimum atomic E-state index is 0.407. The summed E-state index contributed by atoms with van der Waals surface area (Å²) in [6.07, 6.45) is 2.13. The van der Waals surface area contributed by atoms with Crippen LogP contribution in [0, 0.1) is 0 Å². The quantitative estimate of drug-likeness (QED) is 0.656. The van der Waals surface area contributed by atoms with Crippen LogP contribution in [-0.2, 0) is 4.74 Å². The highest BCUT2D eigenvalue weighted by molar-refractivity contribution is 5.30. The van der Waals surface area contributed by atoms with Crippen LogP contribution in [0.5, 0.6) is 5.75 Å². The van der Waals surface area contributed by atoms with Gasteiger partial charge in [0.25, 0.3) is 0 Å². The molecule has 0 bridgehead atoms. The van der Waals surface area contributed by atoms with E-state index in [0.29, 0.717) is 19.3 Å². The van der Waals surface area contributed by atoms with E-state index in [1.165, 1.54) is 5.56 Å². The highest BCUT2D eigenvalue weighted by Crippen LogP contribution is 2.21. The van der Waals surface area contributed by atoms with Crippen LogP contribution in [0.15, 0.2) is 24.3 Å². The number of ether oxygens (including phenoxy) is 2. The molecule has 1 aromatic rings. The largest absolute Gasteiger partial charge is 0.491 e. The summed E-state index contributed by atoms with van der Waals surface area (Å²) in [6, 6.07) is 8.73. The molecule has 0 radical (unpaired) electrons. The van der Waals surface area contributed by atoms with Crippen LogP contribution in [0.4, 0.5) is 0 Å². The van der Waals surface area contributed by atoms with Crippen LogP contribution in [0.2, 0.25) is 0 Å². The monoisotopic (exact) mass is 265 g/mol. The lowest BCUT2D eigenvalue weighted by atomic mass is 10.0. The molecular weight excluding hydrogens is 238 g/mol. The van der Waals surface area contributed by atoms with E-state index in [0.717, 1.165) is 31.7 Å². The summed E-state index contributed by atoms with van der Waals surface area (Å²) >= 11 is 0. The van der Waals surface area contributed by atoms with Crippen molar-refractivity contribution in [3.63, 3.8) is 0 Å². The Kier molecular flexibility index (Phi) is 8.26. The molecule has 19 heavy (non-hydrogen) atoms. The van der Waals surface area contributed by atoms with Gasteiger partial charge in [-0.15, -0.1) is 0 Å². The maximum Gasteiger partial charge on any atom is 0.119 e. The molecule has 0 aliphatic carbocycles. The minimum absolute atomic E-state index is 0.407. The van der Waals surface area contributed by atoms with Gasteiger partial charge in [-0.05, 0) is 37.1 Å². The zero-order valence-electron chi connectivity index (χ0n) is 12.4. The van der Waals surface area contributed by atoms with Gasteiger partial charge >= 0.3 is 0 Å². The smallest absolute Gasteiger partial charge is 0.119 e. The Morgan fingerprint density at radius 3 is 2.63 bits per heavy atom. The molecule has 3 heteroatoms. The summed E-state index contributed by atoms with van der Waals surface area (Å²) in [4.78, 5) is 0. The molecule has 0 saturated carbocycles. The van der Waals surface area contributed by atoms with Gasteiger partial charge in [0.15, 0.2) is 0 Å². The van der Waals surface area contributed by atoms with Crippen LogP contribution in [-0.4, -0.2) is 26.4 Å². The van der Waals surface area contributed by atoms with Crippen molar-refractivity contribution in [1.82, 2.24) is 5.32 Å². The Morgan fingerprint density at radius 1 is 1.11 bits per heavy atom. The van der Waals surface area contributed by atoms with Gasteiger partial charge < -0.3 is 14.8 Å². The second-order valence-electron chi connectivity index (χ2n) is 4.55. The molecule has 3 nitrogen and oxygen atoms in total. The van der Waals surface area contributed by atoms with Crippen LogP contribution < -0.4 is 10.1 Å². The summed E-state index contributed by atoms with van der Waals surface area (Å²) < 4.78 is 11.1. The van der Waals surface area contributed by atoms with E-state index in [1.54, 1.807) is 0 Å². The first kappa shape index (κ1) is 16.0. The fourth-order valence-electron chi connectivity index (χ4n) is 2.03. The van der Waals surface area contributed by atoms with Crippen molar-refractivity contribution < 1.29 is 9.47 Å². The first-order valence-corrected chi connectivity index (χ1v) is 7.35. The molecule has 108 valence electrons. The molecule has 0 aliphatic heterocycles. The van der Waals surface area contributed by atoms with E-state index in [1.807, 2.05) is 6.07 Å². The molecule has 0 aromatic heterocycles. The summed E-state index contributed by atoms with van der Waals surface area (Å²) in [7, 11) is 0. The zero-order valence-corrected chi connectivity index (χ0v) is 12.4. The van der Waals surface area contributed by atoms with Gasteiger partial charge in [-0.25, -0.2) is 0 Å². The van der Waals surface area contributed by atoms with Crippen molar-refractivity contribution in [1.29, 1.82) is 0 Å². The highest BCUT2D eigenvalue weighted by atomic mass is 16.5. The van der Waals surface area contributed by atoms with Gasteiger partial charge in [-0.1, -0.05) is 32.9 Å². The van der Waals surface area contributed by atoms with Crippen molar-refractivity contribution in [2.75, 3.05) is 26.4 Å². The Labute approximate surface area is 117 Å². The predicted molar refractivity (Wildman–Crippen MR) is 79.8 cm³/mol. The molecule has 1 rings (SSSR count). The molecular formula is C16H27NO2. The first-order chi connectivity index (χ1) is 9.31. The Balaban J connectivity index is 2.46. The number of hydrogen-bond donors (Lipinski definition) is 1. The van der Waals surface area contributed by atoms with Crippen molar-refractivity contribution in [3.8, 4) is 5.75 Å². The molecule has 1 N–H and O–H groups in total. The average Bonchev–Trinajstić information content (AvgIpc) is 2.45. The topological polar surface area (TPSA) is 30.5 Å². The lowest BCUT2D eigenvalue weighted by Gasteiger charge is -2.17. The SMILES string of the molecule is CCCOCCOc1cccc(C(CC)NCC)c1. The fourth-order valence-corrected chi connectivity index (χ4v) is 2.03. The van der Waals surface area contributed by atoms with E-state index in [2.05, 4.69) is 44.3 Å². The van der Waals surface area contributed by atoms with Gasteiger partial charge in [0.1, 0.15) is 12.4 Å². The Hall–Kier alpha value is -1.06. The number of rotatable bonds is 10. The standard InChI is InChI=1S/C16H27NO2/c1-4-10-18-11-12-19-15-9-7-8-14(13-15)16(5-2)17-6-3/h7-9,13,16-17H,4-6,10-12H2,1-3H3. The summed E-state index contributed by atoms with van der Waals surface area (Å²) in [5.74, 6) is 0.925. The second kappa shape index (κ2) is 9.82. The highest BCUT2D eigenvalue weighted by Gasteiger charge is 2.08. The van der Waals surface area contributed by atoms with Gasteiger partial charge in [-0.2, -0.15) is 0 Å². The molecule has 0 heterocycles. The lowest BCUT2D eigenvalue weighted by Crippen LogP contribution is -2.20. The van der Waals surface area contributed by atoms with Crippen LogP contribution in [0.25, 0.3) is 0 Å². The molecule has 0 fully saturated rings. The first-order valence-electron chi connectivity index (χ1n) is 7.35. The third-order valence-electron chi connectivity index (χ3n) is 2.96. The van der Waals surface area contributed by atoms with Crippen LogP contribution >= 0.6 is 0 Å². The summed E-state index contributed by atoms with van der Waals surface area (Å²) in [5, 5.41) is 3.48. The Bertz CT molecular complexity index is 341.